The van der Waals surface area contributed by atoms with Crippen molar-refractivity contribution in [1.82, 2.24) is 0 Å². The molecule has 0 atom stereocenters. The minimum Gasteiger partial charge on any atom is -0.481 e. The monoisotopic (exact) mass is 186 g/mol. The van der Waals surface area contributed by atoms with Gasteiger partial charge in [0.15, 0.2) is 0 Å². The Labute approximate surface area is 81.3 Å². The fourth-order valence-corrected chi connectivity index (χ4v) is 1.82. The summed E-state index contributed by atoms with van der Waals surface area (Å²) in [4.78, 5) is 10.5. The Morgan fingerprint density at radius 3 is 2.00 bits per heavy atom. The number of aliphatic carboxylic acids is 1. The van der Waals surface area contributed by atoms with E-state index in [0.717, 1.165) is 31.6 Å². The van der Waals surface area contributed by atoms with Crippen LogP contribution in [0.15, 0.2) is 0 Å². The van der Waals surface area contributed by atoms with Crippen LogP contribution >= 0.6 is 0 Å². The highest BCUT2D eigenvalue weighted by atomic mass is 16.4. The molecule has 13 heavy (non-hydrogen) atoms. The van der Waals surface area contributed by atoms with Crippen LogP contribution in [-0.2, 0) is 4.79 Å². The molecule has 0 aromatic rings. The normalized spacial score (nSPS) is 27.3. The number of hydrogen-bond donors (Lipinski definition) is 1. The van der Waals surface area contributed by atoms with Crippen molar-refractivity contribution in [3.63, 3.8) is 0 Å². The third-order valence-electron chi connectivity index (χ3n) is 2.77. The van der Waals surface area contributed by atoms with E-state index in [0.29, 0.717) is 0 Å². The third kappa shape index (κ3) is 4.30. The molecule has 1 aliphatic rings. The zero-order chi connectivity index (χ0) is 10.3. The fourth-order valence-electron chi connectivity index (χ4n) is 1.82. The van der Waals surface area contributed by atoms with Crippen molar-refractivity contribution < 1.29 is 9.90 Å². The number of carboxylic acids is 1. The van der Waals surface area contributed by atoms with Gasteiger partial charge in [-0.2, -0.15) is 0 Å². The highest BCUT2D eigenvalue weighted by molar-refractivity contribution is 5.69. The van der Waals surface area contributed by atoms with Crippen LogP contribution in [0, 0.1) is 11.8 Å². The molecule has 0 aliphatic heterocycles. The van der Waals surface area contributed by atoms with Gasteiger partial charge in [0.25, 0.3) is 0 Å². The molecule has 0 radical (unpaired) electrons. The average Bonchev–Trinajstić information content (AvgIpc) is 2.21. The first kappa shape index (κ1) is 12.5. The number of carbonyl (C=O) groups is 1. The van der Waals surface area contributed by atoms with E-state index in [1.165, 1.54) is 6.42 Å². The second-order valence-electron chi connectivity index (χ2n) is 3.46. The first-order valence-electron chi connectivity index (χ1n) is 5.46. The Morgan fingerprint density at radius 1 is 1.23 bits per heavy atom. The molecule has 0 aromatic carbocycles. The minimum atomic E-state index is -0.598. The van der Waals surface area contributed by atoms with E-state index < -0.39 is 5.97 Å². The van der Waals surface area contributed by atoms with Crippen LogP contribution in [0.2, 0.25) is 0 Å². The Morgan fingerprint density at radius 2 is 1.69 bits per heavy atom. The summed E-state index contributed by atoms with van der Waals surface area (Å²) >= 11 is 0. The van der Waals surface area contributed by atoms with Crippen LogP contribution in [0.3, 0.4) is 0 Å². The van der Waals surface area contributed by atoms with E-state index in [-0.39, 0.29) is 5.92 Å². The predicted octanol–water partition coefficient (Wildman–Crippen LogP) is 3.31. The maximum absolute atomic E-state index is 10.5. The lowest BCUT2D eigenvalue weighted by molar-refractivity contribution is -0.143. The Balaban J connectivity index is 0.000000671. The molecule has 0 amide bonds. The Kier molecular flexibility index (Phi) is 6.65. The molecule has 1 N–H and O–H groups in total. The maximum atomic E-state index is 10.5. The highest BCUT2D eigenvalue weighted by Gasteiger charge is 2.24. The summed E-state index contributed by atoms with van der Waals surface area (Å²) in [6.45, 7) is 6.19. The molecule has 2 nitrogen and oxygen atoms in total. The standard InChI is InChI=1S/C9H16O2.C2H6/c1-2-7-3-5-8(6-4-7)9(10)11;1-2/h7-8H,2-6H2,1H3,(H,10,11);1-2H3. The van der Waals surface area contributed by atoms with Crippen LogP contribution in [0.1, 0.15) is 52.9 Å². The molecule has 1 aliphatic carbocycles. The smallest absolute Gasteiger partial charge is 0.306 e. The SMILES string of the molecule is CC.CCC1CCC(C(=O)O)CC1. The molecule has 0 aromatic heterocycles. The molecule has 1 fully saturated rings. The van der Waals surface area contributed by atoms with Crippen molar-refractivity contribution in [1.29, 1.82) is 0 Å². The fraction of sp³-hybridized carbons (Fsp3) is 0.909. The average molecular weight is 186 g/mol. The largest absolute Gasteiger partial charge is 0.481 e. The lowest BCUT2D eigenvalue weighted by atomic mass is 9.81. The lowest BCUT2D eigenvalue weighted by Gasteiger charge is -2.24. The van der Waals surface area contributed by atoms with E-state index in [4.69, 9.17) is 5.11 Å². The molecule has 1 rings (SSSR count). The van der Waals surface area contributed by atoms with Gasteiger partial charge in [-0.05, 0) is 31.6 Å². The molecular weight excluding hydrogens is 164 g/mol. The van der Waals surface area contributed by atoms with Crippen molar-refractivity contribution in [3.05, 3.63) is 0 Å². The number of rotatable bonds is 2. The molecule has 0 bridgehead atoms. The zero-order valence-corrected chi connectivity index (χ0v) is 9.05. The van der Waals surface area contributed by atoms with E-state index >= 15 is 0 Å². The minimum absolute atomic E-state index is 0.0437. The maximum Gasteiger partial charge on any atom is 0.306 e. The van der Waals surface area contributed by atoms with Gasteiger partial charge in [-0.3, -0.25) is 4.79 Å². The van der Waals surface area contributed by atoms with Gasteiger partial charge in [0.05, 0.1) is 5.92 Å². The Bertz CT molecular complexity index is 135. The molecule has 78 valence electrons. The molecule has 0 heterocycles. The summed E-state index contributed by atoms with van der Waals surface area (Å²) < 4.78 is 0. The van der Waals surface area contributed by atoms with Crippen molar-refractivity contribution in [2.75, 3.05) is 0 Å². The van der Waals surface area contributed by atoms with Gasteiger partial charge < -0.3 is 5.11 Å². The van der Waals surface area contributed by atoms with Gasteiger partial charge in [0, 0.05) is 0 Å². The van der Waals surface area contributed by atoms with Crippen LogP contribution in [0.5, 0.6) is 0 Å². The second-order valence-corrected chi connectivity index (χ2v) is 3.46. The molecular formula is C11H22O2. The van der Waals surface area contributed by atoms with Crippen LogP contribution in [-0.4, -0.2) is 11.1 Å². The molecule has 1 saturated carbocycles. The van der Waals surface area contributed by atoms with Gasteiger partial charge in [-0.25, -0.2) is 0 Å². The van der Waals surface area contributed by atoms with Crippen molar-refractivity contribution in [2.45, 2.75) is 52.9 Å². The summed E-state index contributed by atoms with van der Waals surface area (Å²) in [6, 6.07) is 0. The molecule has 0 saturated heterocycles. The highest BCUT2D eigenvalue weighted by Crippen LogP contribution is 2.30. The van der Waals surface area contributed by atoms with Crippen LogP contribution in [0.4, 0.5) is 0 Å². The predicted molar refractivity (Wildman–Crippen MR) is 54.7 cm³/mol. The van der Waals surface area contributed by atoms with Crippen LogP contribution in [0.25, 0.3) is 0 Å². The van der Waals surface area contributed by atoms with Crippen molar-refractivity contribution >= 4 is 5.97 Å². The summed E-state index contributed by atoms with van der Waals surface area (Å²) in [6.07, 6.45) is 5.24. The Hall–Kier alpha value is -0.530. The van der Waals surface area contributed by atoms with Gasteiger partial charge >= 0.3 is 5.97 Å². The van der Waals surface area contributed by atoms with E-state index in [9.17, 15) is 4.79 Å². The molecule has 0 unspecified atom stereocenters. The van der Waals surface area contributed by atoms with E-state index in [2.05, 4.69) is 6.92 Å². The summed E-state index contributed by atoms with van der Waals surface area (Å²) in [5, 5.41) is 8.70. The first-order chi connectivity index (χ1) is 6.24. The summed E-state index contributed by atoms with van der Waals surface area (Å²) in [5.41, 5.74) is 0. The molecule has 0 spiro atoms. The zero-order valence-electron chi connectivity index (χ0n) is 9.05. The number of hydrogen-bond acceptors (Lipinski definition) is 1. The summed E-state index contributed by atoms with van der Waals surface area (Å²) in [5.74, 6) is 0.156. The van der Waals surface area contributed by atoms with Gasteiger partial charge in [-0.1, -0.05) is 27.2 Å². The summed E-state index contributed by atoms with van der Waals surface area (Å²) in [7, 11) is 0. The molecule has 2 heteroatoms. The third-order valence-corrected chi connectivity index (χ3v) is 2.77. The van der Waals surface area contributed by atoms with E-state index in [1.807, 2.05) is 13.8 Å². The van der Waals surface area contributed by atoms with Crippen molar-refractivity contribution in [2.24, 2.45) is 11.8 Å². The van der Waals surface area contributed by atoms with Crippen molar-refractivity contribution in [3.8, 4) is 0 Å². The lowest BCUT2D eigenvalue weighted by Crippen LogP contribution is -2.20. The van der Waals surface area contributed by atoms with Gasteiger partial charge in [0.1, 0.15) is 0 Å². The quantitative estimate of drug-likeness (QED) is 0.718. The van der Waals surface area contributed by atoms with Gasteiger partial charge in [0.2, 0.25) is 0 Å². The first-order valence-corrected chi connectivity index (χ1v) is 5.46. The van der Waals surface area contributed by atoms with E-state index in [1.54, 1.807) is 0 Å². The number of carboxylic acid groups (broad SMARTS) is 1. The topological polar surface area (TPSA) is 37.3 Å². The van der Waals surface area contributed by atoms with Crippen LogP contribution < -0.4 is 0 Å². The van der Waals surface area contributed by atoms with Gasteiger partial charge in [-0.15, -0.1) is 0 Å². The second kappa shape index (κ2) is 6.93.